The quantitative estimate of drug-likeness (QED) is 0.906. The van der Waals surface area contributed by atoms with Crippen molar-refractivity contribution in [1.29, 1.82) is 0 Å². The fraction of sp³-hybridized carbons (Fsp3) is 0.333. The summed E-state index contributed by atoms with van der Waals surface area (Å²) in [5.41, 5.74) is 0. The van der Waals surface area contributed by atoms with Gasteiger partial charge in [-0.15, -0.1) is 22.7 Å². The van der Waals surface area contributed by atoms with E-state index in [9.17, 15) is 9.59 Å². The van der Waals surface area contributed by atoms with Gasteiger partial charge >= 0.3 is 5.97 Å². The molecule has 0 spiro atoms. The number of nitrogens with one attached hydrogen (secondary N) is 1. The van der Waals surface area contributed by atoms with Crippen LogP contribution in [-0.4, -0.2) is 23.0 Å². The minimum atomic E-state index is -0.907. The minimum Gasteiger partial charge on any atom is -0.481 e. The Morgan fingerprint density at radius 3 is 2.67 bits per heavy atom. The molecule has 2 unspecified atom stereocenters. The van der Waals surface area contributed by atoms with E-state index >= 15 is 0 Å². The number of carbonyl (C=O) groups is 2. The molecule has 0 fully saturated rings. The molecular weight excluding hydrogens is 270 g/mol. The molecule has 2 rings (SSSR count). The van der Waals surface area contributed by atoms with E-state index < -0.39 is 17.9 Å². The average molecular weight is 283 g/mol. The monoisotopic (exact) mass is 283 g/mol. The highest BCUT2D eigenvalue weighted by atomic mass is 32.1. The number of aliphatic carboxylic acids is 1. The molecule has 2 atom stereocenters. The number of amides is 1. The summed E-state index contributed by atoms with van der Waals surface area (Å²) >= 11 is 3.02. The number of carboxylic acids is 1. The van der Waals surface area contributed by atoms with E-state index in [0.29, 0.717) is 4.88 Å². The summed E-state index contributed by atoms with van der Waals surface area (Å²) in [5.74, 6) is -1.71. The van der Waals surface area contributed by atoms with Gasteiger partial charge in [0, 0.05) is 15.4 Å². The molecule has 4 nitrogen and oxygen atoms in total. The molecule has 18 heavy (non-hydrogen) atoms. The number of hydrogen-bond donors (Lipinski definition) is 2. The maximum Gasteiger partial charge on any atom is 0.308 e. The van der Waals surface area contributed by atoms with Crippen molar-refractivity contribution < 1.29 is 14.7 Å². The summed E-state index contributed by atoms with van der Waals surface area (Å²) in [6, 6.07) is 3.43. The lowest BCUT2D eigenvalue weighted by molar-refractivity contribution is -0.141. The fourth-order valence-corrected chi connectivity index (χ4v) is 3.51. The Morgan fingerprint density at radius 2 is 2.06 bits per heavy atom. The third kappa shape index (κ3) is 2.54. The van der Waals surface area contributed by atoms with Crippen LogP contribution in [0.1, 0.15) is 23.5 Å². The molecule has 0 aromatic carbocycles. The number of thiophene rings is 2. The van der Waals surface area contributed by atoms with Crippen LogP contribution in [0.3, 0.4) is 0 Å². The molecule has 1 amide bonds. The summed E-state index contributed by atoms with van der Waals surface area (Å²) in [7, 11) is 0. The second kappa shape index (κ2) is 5.07. The standard InChI is InChI=1S/C12H13NO3S2/c1-6(12(15)16)7(2)13-11(14)10-5-9-8(18-10)3-4-17-9/h3-7H,1-2H3,(H,13,14)(H,15,16). The normalized spacial score (nSPS) is 14.3. The molecule has 0 aliphatic rings. The molecule has 0 aliphatic heterocycles. The van der Waals surface area contributed by atoms with Crippen molar-refractivity contribution in [3.8, 4) is 0 Å². The molecule has 0 aliphatic carbocycles. The zero-order valence-electron chi connectivity index (χ0n) is 9.97. The first-order chi connectivity index (χ1) is 8.49. The summed E-state index contributed by atoms with van der Waals surface area (Å²) in [4.78, 5) is 23.4. The van der Waals surface area contributed by atoms with E-state index in [2.05, 4.69) is 5.32 Å². The largest absolute Gasteiger partial charge is 0.481 e. The Morgan fingerprint density at radius 1 is 1.33 bits per heavy atom. The lowest BCUT2D eigenvalue weighted by Gasteiger charge is -2.16. The second-order valence-electron chi connectivity index (χ2n) is 4.15. The highest BCUT2D eigenvalue weighted by molar-refractivity contribution is 7.27. The van der Waals surface area contributed by atoms with Crippen LogP contribution in [0.25, 0.3) is 9.40 Å². The summed E-state index contributed by atoms with van der Waals surface area (Å²) in [6.07, 6.45) is 0. The first-order valence-corrected chi connectivity index (χ1v) is 7.19. The van der Waals surface area contributed by atoms with E-state index in [1.54, 1.807) is 25.2 Å². The first kappa shape index (κ1) is 13.0. The maximum atomic E-state index is 12.0. The van der Waals surface area contributed by atoms with Gasteiger partial charge in [0.2, 0.25) is 0 Å². The van der Waals surface area contributed by atoms with Gasteiger partial charge in [0.15, 0.2) is 0 Å². The number of fused-ring (bicyclic) bond motifs is 1. The molecule has 2 heterocycles. The highest BCUT2D eigenvalue weighted by Gasteiger charge is 2.22. The molecule has 0 radical (unpaired) electrons. The van der Waals surface area contributed by atoms with Crippen molar-refractivity contribution in [3.05, 3.63) is 22.4 Å². The van der Waals surface area contributed by atoms with Gasteiger partial charge in [0.1, 0.15) is 0 Å². The van der Waals surface area contributed by atoms with Gasteiger partial charge in [-0.2, -0.15) is 0 Å². The van der Waals surface area contributed by atoms with Gasteiger partial charge < -0.3 is 10.4 Å². The number of rotatable bonds is 4. The molecule has 2 aromatic rings. The third-order valence-corrected chi connectivity index (χ3v) is 4.95. The Labute approximate surface area is 112 Å². The number of carboxylic acid groups (broad SMARTS) is 1. The van der Waals surface area contributed by atoms with Crippen molar-refractivity contribution >= 4 is 43.9 Å². The molecule has 6 heteroatoms. The second-order valence-corrected chi connectivity index (χ2v) is 6.18. The number of carbonyl (C=O) groups excluding carboxylic acids is 1. The molecule has 2 aromatic heterocycles. The minimum absolute atomic E-state index is 0.205. The topological polar surface area (TPSA) is 66.4 Å². The van der Waals surface area contributed by atoms with Gasteiger partial charge in [0.05, 0.1) is 10.8 Å². The van der Waals surface area contributed by atoms with Gasteiger partial charge in [-0.25, -0.2) is 0 Å². The average Bonchev–Trinajstić information content (AvgIpc) is 2.87. The van der Waals surface area contributed by atoms with Gasteiger partial charge in [-0.3, -0.25) is 9.59 Å². The lowest BCUT2D eigenvalue weighted by Crippen LogP contribution is -2.39. The SMILES string of the molecule is CC(NC(=O)c1cc2sccc2s1)C(C)C(=O)O. The van der Waals surface area contributed by atoms with Crippen molar-refractivity contribution in [2.45, 2.75) is 19.9 Å². The molecular formula is C12H13NO3S2. The third-order valence-electron chi connectivity index (χ3n) is 2.86. The number of hydrogen-bond acceptors (Lipinski definition) is 4. The molecule has 0 saturated carbocycles. The van der Waals surface area contributed by atoms with Crippen LogP contribution in [0.5, 0.6) is 0 Å². The van der Waals surface area contributed by atoms with Gasteiger partial charge in [-0.05, 0) is 31.4 Å². The van der Waals surface area contributed by atoms with Crippen LogP contribution in [0.15, 0.2) is 17.5 Å². The van der Waals surface area contributed by atoms with E-state index in [0.717, 1.165) is 9.40 Å². The Kier molecular flexibility index (Phi) is 3.68. The van der Waals surface area contributed by atoms with Crippen LogP contribution >= 0.6 is 22.7 Å². The highest BCUT2D eigenvalue weighted by Crippen LogP contribution is 2.29. The lowest BCUT2D eigenvalue weighted by atomic mass is 10.0. The van der Waals surface area contributed by atoms with Crippen molar-refractivity contribution in [1.82, 2.24) is 5.32 Å². The molecule has 2 N–H and O–H groups in total. The van der Waals surface area contributed by atoms with Gasteiger partial charge in [0.25, 0.3) is 5.91 Å². The van der Waals surface area contributed by atoms with Crippen LogP contribution in [0.4, 0.5) is 0 Å². The van der Waals surface area contributed by atoms with Crippen LogP contribution < -0.4 is 5.32 Å². The van der Waals surface area contributed by atoms with E-state index in [1.807, 2.05) is 17.5 Å². The predicted molar refractivity (Wildman–Crippen MR) is 73.4 cm³/mol. The zero-order chi connectivity index (χ0) is 13.3. The fourth-order valence-electron chi connectivity index (χ4n) is 1.49. The molecule has 96 valence electrons. The van der Waals surface area contributed by atoms with E-state index in [4.69, 9.17) is 5.11 Å². The smallest absolute Gasteiger partial charge is 0.308 e. The Balaban J connectivity index is 2.08. The van der Waals surface area contributed by atoms with E-state index in [1.165, 1.54) is 11.3 Å². The predicted octanol–water partition coefficient (Wildman–Crippen LogP) is 2.80. The molecule has 0 bridgehead atoms. The zero-order valence-corrected chi connectivity index (χ0v) is 11.6. The van der Waals surface area contributed by atoms with Crippen molar-refractivity contribution in [2.24, 2.45) is 5.92 Å². The Bertz CT molecular complexity index is 558. The van der Waals surface area contributed by atoms with Crippen LogP contribution in [0.2, 0.25) is 0 Å². The molecule has 0 saturated heterocycles. The van der Waals surface area contributed by atoms with Crippen molar-refractivity contribution in [3.63, 3.8) is 0 Å². The van der Waals surface area contributed by atoms with E-state index in [-0.39, 0.29) is 5.91 Å². The van der Waals surface area contributed by atoms with Gasteiger partial charge in [-0.1, -0.05) is 0 Å². The van der Waals surface area contributed by atoms with Crippen molar-refractivity contribution in [2.75, 3.05) is 0 Å². The summed E-state index contributed by atoms with van der Waals surface area (Å²) in [5, 5.41) is 13.6. The first-order valence-electron chi connectivity index (χ1n) is 5.49. The Hall–Kier alpha value is -1.40. The summed E-state index contributed by atoms with van der Waals surface area (Å²) in [6.45, 7) is 3.28. The maximum absolute atomic E-state index is 12.0. The summed E-state index contributed by atoms with van der Waals surface area (Å²) < 4.78 is 2.17. The van der Waals surface area contributed by atoms with Crippen LogP contribution in [-0.2, 0) is 4.79 Å². The van der Waals surface area contributed by atoms with Crippen LogP contribution in [0, 0.1) is 5.92 Å².